The van der Waals surface area contributed by atoms with Crippen molar-refractivity contribution in [2.75, 3.05) is 27.2 Å². The third kappa shape index (κ3) is 3.14. The predicted octanol–water partition coefficient (Wildman–Crippen LogP) is 2.67. The van der Waals surface area contributed by atoms with Crippen LogP contribution in [-0.2, 0) is 26.1 Å². The molecular formula is C16H23N3S. The molecule has 0 atom stereocenters. The molecule has 0 radical (unpaired) electrons. The number of likely N-dealkylation sites (N-methyl/N-ethyl adjacent to an activating group) is 2. The first kappa shape index (κ1) is 13.9. The summed E-state index contributed by atoms with van der Waals surface area (Å²) in [6.07, 6.45) is 3.40. The Hall–Kier alpha value is -1.10. The van der Waals surface area contributed by atoms with Gasteiger partial charge in [-0.05, 0) is 54.5 Å². The zero-order valence-corrected chi connectivity index (χ0v) is 13.2. The van der Waals surface area contributed by atoms with Crippen molar-refractivity contribution in [2.45, 2.75) is 26.1 Å². The summed E-state index contributed by atoms with van der Waals surface area (Å²) in [5, 5.41) is 4.55. The van der Waals surface area contributed by atoms with Crippen molar-refractivity contribution >= 4 is 11.3 Å². The Morgan fingerprint density at radius 3 is 2.65 bits per heavy atom. The number of rotatable bonds is 0. The monoisotopic (exact) mass is 289 g/mol. The summed E-state index contributed by atoms with van der Waals surface area (Å²) in [5.74, 6) is 0. The third-order valence-corrected chi connectivity index (χ3v) is 4.96. The maximum atomic E-state index is 2.37. The molecule has 0 unspecified atom stereocenters. The maximum absolute atomic E-state index is 2.37. The first-order chi connectivity index (χ1) is 9.72. The van der Waals surface area contributed by atoms with Crippen LogP contribution >= 0.6 is 11.3 Å². The van der Waals surface area contributed by atoms with Gasteiger partial charge in [0.15, 0.2) is 0 Å². The zero-order chi connectivity index (χ0) is 13.9. The molecule has 4 heteroatoms. The second-order valence-electron chi connectivity index (χ2n) is 5.84. The van der Waals surface area contributed by atoms with E-state index in [1.165, 1.54) is 25.2 Å². The van der Waals surface area contributed by atoms with Gasteiger partial charge in [0.25, 0.3) is 0 Å². The Kier molecular flexibility index (Phi) is 4.24. The Morgan fingerprint density at radius 2 is 1.75 bits per heavy atom. The summed E-state index contributed by atoms with van der Waals surface area (Å²) < 4.78 is 2.32. The van der Waals surface area contributed by atoms with Gasteiger partial charge < -0.3 is 9.47 Å². The molecule has 0 saturated carbocycles. The molecular weight excluding hydrogens is 266 g/mol. The summed E-state index contributed by atoms with van der Waals surface area (Å²) >= 11 is 1.83. The van der Waals surface area contributed by atoms with Crippen LogP contribution in [0, 0.1) is 0 Å². The standard InChI is InChI=1S/C8H12N2.C8H11NS/c1-9-5-6-10-4-2-3-8(10)7-9;1-9-3-2-7-5-10-6-8(7)4-9/h2-4H,5-7H2,1H3;5-6H,2-4H2,1H3. The molecule has 2 aromatic rings. The van der Waals surface area contributed by atoms with Gasteiger partial charge in [-0.3, -0.25) is 4.90 Å². The van der Waals surface area contributed by atoms with E-state index in [4.69, 9.17) is 0 Å². The number of hydrogen-bond acceptors (Lipinski definition) is 3. The molecule has 0 saturated heterocycles. The van der Waals surface area contributed by atoms with Gasteiger partial charge in [0.05, 0.1) is 0 Å². The predicted molar refractivity (Wildman–Crippen MR) is 85.1 cm³/mol. The van der Waals surface area contributed by atoms with E-state index in [0.717, 1.165) is 19.6 Å². The largest absolute Gasteiger partial charge is 0.349 e. The van der Waals surface area contributed by atoms with Gasteiger partial charge in [0, 0.05) is 44.6 Å². The Labute approximate surface area is 125 Å². The van der Waals surface area contributed by atoms with Crippen LogP contribution in [0.1, 0.15) is 16.8 Å². The highest BCUT2D eigenvalue weighted by atomic mass is 32.1. The van der Waals surface area contributed by atoms with Crippen LogP contribution in [0.4, 0.5) is 0 Å². The highest BCUT2D eigenvalue weighted by Crippen LogP contribution is 2.21. The Morgan fingerprint density at radius 1 is 0.950 bits per heavy atom. The molecule has 0 aromatic carbocycles. The first-order valence-electron chi connectivity index (χ1n) is 7.27. The lowest BCUT2D eigenvalue weighted by molar-refractivity contribution is 0.270. The summed E-state index contributed by atoms with van der Waals surface area (Å²) in [7, 11) is 4.34. The molecule has 4 rings (SSSR count). The average molecular weight is 289 g/mol. The van der Waals surface area contributed by atoms with Crippen LogP contribution in [0.5, 0.6) is 0 Å². The molecule has 2 aliphatic rings. The van der Waals surface area contributed by atoms with Crippen LogP contribution in [0.15, 0.2) is 29.1 Å². The van der Waals surface area contributed by atoms with Gasteiger partial charge in [-0.2, -0.15) is 11.3 Å². The molecule has 0 N–H and O–H groups in total. The lowest BCUT2D eigenvalue weighted by Gasteiger charge is -2.24. The van der Waals surface area contributed by atoms with Crippen LogP contribution in [0.2, 0.25) is 0 Å². The van der Waals surface area contributed by atoms with E-state index in [2.05, 4.69) is 57.6 Å². The second-order valence-corrected chi connectivity index (χ2v) is 6.58. The van der Waals surface area contributed by atoms with Gasteiger partial charge in [-0.1, -0.05) is 0 Å². The van der Waals surface area contributed by atoms with Crippen molar-refractivity contribution in [3.8, 4) is 0 Å². The summed E-state index contributed by atoms with van der Waals surface area (Å²) in [5.41, 5.74) is 4.55. The average Bonchev–Trinajstić information content (AvgIpc) is 3.06. The topological polar surface area (TPSA) is 11.4 Å². The number of hydrogen-bond donors (Lipinski definition) is 0. The summed E-state index contributed by atoms with van der Waals surface area (Å²) in [6.45, 7) is 5.82. The fourth-order valence-corrected chi connectivity index (χ4v) is 3.73. The van der Waals surface area contributed by atoms with E-state index in [1.54, 1.807) is 11.1 Å². The van der Waals surface area contributed by atoms with Gasteiger partial charge in [0.1, 0.15) is 0 Å². The van der Waals surface area contributed by atoms with E-state index in [0.29, 0.717) is 0 Å². The van der Waals surface area contributed by atoms with Crippen molar-refractivity contribution in [1.29, 1.82) is 0 Å². The zero-order valence-electron chi connectivity index (χ0n) is 12.4. The van der Waals surface area contributed by atoms with Crippen LogP contribution in [-0.4, -0.2) is 41.6 Å². The van der Waals surface area contributed by atoms with Crippen LogP contribution in [0.3, 0.4) is 0 Å². The number of aromatic nitrogens is 1. The van der Waals surface area contributed by atoms with E-state index in [-0.39, 0.29) is 0 Å². The smallest absolute Gasteiger partial charge is 0.0384 e. The lowest BCUT2D eigenvalue weighted by Crippen LogP contribution is -2.29. The molecule has 4 heterocycles. The molecule has 2 aliphatic heterocycles. The molecule has 3 nitrogen and oxygen atoms in total. The minimum absolute atomic E-state index is 1.10. The first-order valence-corrected chi connectivity index (χ1v) is 8.21. The van der Waals surface area contributed by atoms with Crippen molar-refractivity contribution in [3.63, 3.8) is 0 Å². The molecule has 0 spiro atoms. The van der Waals surface area contributed by atoms with E-state index in [1.807, 2.05) is 11.3 Å². The van der Waals surface area contributed by atoms with E-state index < -0.39 is 0 Å². The van der Waals surface area contributed by atoms with Crippen molar-refractivity contribution in [1.82, 2.24) is 14.4 Å². The summed E-state index contributed by atoms with van der Waals surface area (Å²) in [6, 6.07) is 4.31. The van der Waals surface area contributed by atoms with Crippen molar-refractivity contribution in [3.05, 3.63) is 45.9 Å². The number of fused-ring (bicyclic) bond motifs is 2. The number of thiophene rings is 1. The third-order valence-electron chi connectivity index (χ3n) is 4.11. The van der Waals surface area contributed by atoms with E-state index >= 15 is 0 Å². The molecule has 0 bridgehead atoms. The molecule has 0 amide bonds. The lowest BCUT2D eigenvalue weighted by atomic mass is 10.1. The quantitative estimate of drug-likeness (QED) is 0.739. The molecule has 0 aliphatic carbocycles. The van der Waals surface area contributed by atoms with Gasteiger partial charge in [-0.15, -0.1) is 0 Å². The van der Waals surface area contributed by atoms with Crippen molar-refractivity contribution in [2.24, 2.45) is 0 Å². The number of nitrogens with zero attached hydrogens (tertiary/aromatic N) is 3. The maximum Gasteiger partial charge on any atom is 0.0384 e. The van der Waals surface area contributed by atoms with E-state index in [9.17, 15) is 0 Å². The Balaban J connectivity index is 0.000000121. The molecule has 108 valence electrons. The Bertz CT molecular complexity index is 507. The minimum Gasteiger partial charge on any atom is -0.349 e. The van der Waals surface area contributed by atoms with Gasteiger partial charge in [0.2, 0.25) is 0 Å². The SMILES string of the molecule is CN1CCc2cscc2C1.CN1CCn2cccc2C1. The molecule has 0 fully saturated rings. The highest BCUT2D eigenvalue weighted by Gasteiger charge is 2.12. The fraction of sp³-hybridized carbons (Fsp3) is 0.500. The summed E-state index contributed by atoms with van der Waals surface area (Å²) in [4.78, 5) is 4.71. The van der Waals surface area contributed by atoms with Crippen LogP contribution < -0.4 is 0 Å². The fourth-order valence-electron chi connectivity index (χ4n) is 2.83. The highest BCUT2D eigenvalue weighted by molar-refractivity contribution is 7.08. The minimum atomic E-state index is 1.10. The normalized spacial score (nSPS) is 18.9. The molecule has 2 aromatic heterocycles. The van der Waals surface area contributed by atoms with Crippen LogP contribution in [0.25, 0.3) is 0 Å². The second kappa shape index (κ2) is 6.12. The van der Waals surface area contributed by atoms with Gasteiger partial charge >= 0.3 is 0 Å². The van der Waals surface area contributed by atoms with Gasteiger partial charge in [-0.25, -0.2) is 0 Å². The van der Waals surface area contributed by atoms with Crippen molar-refractivity contribution < 1.29 is 0 Å². The molecule has 20 heavy (non-hydrogen) atoms.